The molecule has 3 rings (SSSR count). The van der Waals surface area contributed by atoms with Gasteiger partial charge in [-0.1, -0.05) is 0 Å². The number of Topliss-reactive ketones (excluding diaryl/α,β-unsaturated/α-hetero) is 1. The first kappa shape index (κ1) is 8.88. The summed E-state index contributed by atoms with van der Waals surface area (Å²) in [4.78, 5) is 15.5. The van der Waals surface area contributed by atoms with E-state index in [9.17, 15) is 4.79 Å². The summed E-state index contributed by atoms with van der Waals surface area (Å²) < 4.78 is 3.31. The van der Waals surface area contributed by atoms with Gasteiger partial charge in [-0.15, -0.1) is 0 Å². The second-order valence-corrected chi connectivity index (χ2v) is 5.39. The lowest BCUT2D eigenvalue weighted by Gasteiger charge is -2.05. The highest BCUT2D eigenvalue weighted by Gasteiger charge is 2.57. The maximum Gasteiger partial charge on any atom is 0.133 e. The van der Waals surface area contributed by atoms with Crippen molar-refractivity contribution in [1.29, 1.82) is 0 Å². The van der Waals surface area contributed by atoms with Gasteiger partial charge in [-0.05, 0) is 41.4 Å². The van der Waals surface area contributed by atoms with E-state index >= 15 is 0 Å². The molecule has 74 valence electrons. The van der Waals surface area contributed by atoms with E-state index in [-0.39, 0.29) is 0 Å². The summed E-state index contributed by atoms with van der Waals surface area (Å²) in [6.07, 6.45) is 3.69. The van der Waals surface area contributed by atoms with Gasteiger partial charge in [0.2, 0.25) is 0 Å². The Morgan fingerprint density at radius 1 is 1.50 bits per heavy atom. The molecule has 0 N–H and O–H groups in total. The van der Waals surface area contributed by atoms with Gasteiger partial charge in [0, 0.05) is 25.1 Å². The van der Waals surface area contributed by atoms with Gasteiger partial charge in [-0.2, -0.15) is 0 Å². The zero-order valence-electron chi connectivity index (χ0n) is 7.90. The Morgan fingerprint density at radius 3 is 2.64 bits per heavy atom. The van der Waals surface area contributed by atoms with Crippen LogP contribution in [0.2, 0.25) is 0 Å². The van der Waals surface area contributed by atoms with Gasteiger partial charge in [0.1, 0.15) is 15.3 Å². The molecule has 0 aromatic carbocycles. The summed E-state index contributed by atoms with van der Waals surface area (Å²) in [5.41, 5.74) is 0. The van der Waals surface area contributed by atoms with Gasteiger partial charge in [-0.25, -0.2) is 4.98 Å². The van der Waals surface area contributed by atoms with Crippen molar-refractivity contribution < 1.29 is 4.79 Å². The highest BCUT2D eigenvalue weighted by molar-refractivity contribution is 14.1. The number of imidazole rings is 1. The summed E-state index contributed by atoms with van der Waals surface area (Å²) in [5, 5.41) is 0. The van der Waals surface area contributed by atoms with Crippen LogP contribution in [0.4, 0.5) is 0 Å². The highest BCUT2D eigenvalue weighted by atomic mass is 127. The van der Waals surface area contributed by atoms with Crippen LogP contribution in [-0.4, -0.2) is 15.3 Å². The van der Waals surface area contributed by atoms with E-state index in [2.05, 4.69) is 38.3 Å². The number of fused-ring (bicyclic) bond motifs is 1. The van der Waals surface area contributed by atoms with Crippen molar-refractivity contribution in [1.82, 2.24) is 9.55 Å². The van der Waals surface area contributed by atoms with Gasteiger partial charge in [-0.3, -0.25) is 4.79 Å². The van der Waals surface area contributed by atoms with Gasteiger partial charge in [0.05, 0.1) is 0 Å². The molecular formula is C10H11IN2O. The largest absolute Gasteiger partial charge is 0.330 e. The normalized spacial score (nSPS) is 34.7. The second kappa shape index (κ2) is 2.81. The number of ketones is 1. The van der Waals surface area contributed by atoms with Crippen molar-refractivity contribution >= 4 is 28.4 Å². The number of carbonyl (C=O) groups is 1. The van der Waals surface area contributed by atoms with Crippen LogP contribution in [0.3, 0.4) is 0 Å². The van der Waals surface area contributed by atoms with E-state index in [1.807, 2.05) is 6.92 Å². The molecule has 3 nitrogen and oxygen atoms in total. The third-order valence-corrected chi connectivity index (χ3v) is 3.94. The number of rotatable bonds is 1. The lowest BCUT2D eigenvalue weighted by molar-refractivity contribution is -0.118. The molecule has 1 unspecified atom stereocenters. The topological polar surface area (TPSA) is 34.9 Å². The number of hydrogen-bond donors (Lipinski definition) is 0. The Balaban J connectivity index is 1.87. The molecule has 1 heterocycles. The Hall–Kier alpha value is -0.390. The molecule has 0 aliphatic heterocycles. The molecule has 0 amide bonds. The molecule has 0 spiro atoms. The number of aromatic nitrogens is 2. The third kappa shape index (κ3) is 1.16. The smallest absolute Gasteiger partial charge is 0.133 e. The van der Waals surface area contributed by atoms with Crippen LogP contribution in [0.1, 0.15) is 24.7 Å². The van der Waals surface area contributed by atoms with Gasteiger partial charge in [0.25, 0.3) is 0 Å². The summed E-state index contributed by atoms with van der Waals surface area (Å²) in [6, 6.07) is 0.573. The van der Waals surface area contributed by atoms with Crippen molar-refractivity contribution in [2.75, 3.05) is 0 Å². The molecule has 1 aromatic rings. The van der Waals surface area contributed by atoms with Gasteiger partial charge < -0.3 is 4.57 Å². The summed E-state index contributed by atoms with van der Waals surface area (Å²) in [6.45, 7) is 2.04. The quantitative estimate of drug-likeness (QED) is 0.743. The first-order valence-electron chi connectivity index (χ1n) is 4.89. The fourth-order valence-corrected chi connectivity index (χ4v) is 3.39. The minimum Gasteiger partial charge on any atom is -0.330 e. The Kier molecular flexibility index (Phi) is 1.78. The highest BCUT2D eigenvalue weighted by Crippen LogP contribution is 2.59. The number of carbonyl (C=O) groups excluding carboxylic acids is 1. The first-order valence-corrected chi connectivity index (χ1v) is 5.97. The standard InChI is InChI=1S/C10H11IN2O/c1-5-12-9(11)4-13(5)10-7-2-6(14)3-8(7)10/h4,7-8,10H,2-3H2,1H3/t7-,8+,10?. The Morgan fingerprint density at radius 2 is 2.14 bits per heavy atom. The van der Waals surface area contributed by atoms with Gasteiger partial charge >= 0.3 is 0 Å². The van der Waals surface area contributed by atoms with Crippen molar-refractivity contribution in [3.05, 3.63) is 15.7 Å². The van der Waals surface area contributed by atoms with Crippen LogP contribution >= 0.6 is 22.6 Å². The molecule has 0 bridgehead atoms. The lowest BCUT2D eigenvalue weighted by atomic mass is 10.2. The van der Waals surface area contributed by atoms with Crippen LogP contribution in [0.25, 0.3) is 0 Å². The SMILES string of the molecule is Cc1nc(I)cn1C1[C@H]2CC(=O)C[C@@H]12. The van der Waals surface area contributed by atoms with Gasteiger partial charge in [0.15, 0.2) is 0 Å². The zero-order chi connectivity index (χ0) is 9.87. The number of nitrogens with zero attached hydrogens (tertiary/aromatic N) is 2. The van der Waals surface area contributed by atoms with Crippen LogP contribution < -0.4 is 0 Å². The molecule has 2 saturated carbocycles. The lowest BCUT2D eigenvalue weighted by Crippen LogP contribution is -2.04. The molecule has 1 aromatic heterocycles. The maximum atomic E-state index is 11.1. The predicted molar refractivity (Wildman–Crippen MR) is 59.9 cm³/mol. The fraction of sp³-hybridized carbons (Fsp3) is 0.600. The average Bonchev–Trinajstić information content (AvgIpc) is 2.48. The molecule has 2 aliphatic carbocycles. The second-order valence-electron chi connectivity index (χ2n) is 4.28. The molecule has 2 fully saturated rings. The molecule has 14 heavy (non-hydrogen) atoms. The minimum atomic E-state index is 0.448. The van der Waals surface area contributed by atoms with E-state index in [1.54, 1.807) is 0 Å². The molecule has 2 aliphatic rings. The number of hydrogen-bond acceptors (Lipinski definition) is 2. The molecule has 3 atom stereocenters. The van der Waals surface area contributed by atoms with Crippen LogP contribution in [-0.2, 0) is 4.79 Å². The summed E-state index contributed by atoms with van der Waals surface area (Å²) >= 11 is 2.24. The van der Waals surface area contributed by atoms with E-state index in [0.29, 0.717) is 23.7 Å². The zero-order valence-corrected chi connectivity index (χ0v) is 10.1. The van der Waals surface area contributed by atoms with Crippen molar-refractivity contribution in [2.45, 2.75) is 25.8 Å². The van der Waals surface area contributed by atoms with Crippen molar-refractivity contribution in [3.63, 3.8) is 0 Å². The van der Waals surface area contributed by atoms with Crippen molar-refractivity contribution in [2.24, 2.45) is 11.8 Å². The van der Waals surface area contributed by atoms with E-state index in [0.717, 1.165) is 22.4 Å². The third-order valence-electron chi connectivity index (χ3n) is 3.42. The molecule has 0 saturated heterocycles. The monoisotopic (exact) mass is 302 g/mol. The minimum absolute atomic E-state index is 0.448. The molecular weight excluding hydrogens is 291 g/mol. The molecule has 0 radical (unpaired) electrons. The van der Waals surface area contributed by atoms with E-state index in [4.69, 9.17) is 0 Å². The Labute approximate surface area is 96.0 Å². The summed E-state index contributed by atoms with van der Waals surface area (Å²) in [7, 11) is 0. The number of aryl methyl sites for hydroxylation is 1. The van der Waals surface area contributed by atoms with E-state index < -0.39 is 0 Å². The number of halogens is 1. The van der Waals surface area contributed by atoms with Crippen LogP contribution in [0.15, 0.2) is 6.20 Å². The fourth-order valence-electron chi connectivity index (χ4n) is 2.74. The Bertz CT molecular complexity index is 398. The van der Waals surface area contributed by atoms with Crippen LogP contribution in [0.5, 0.6) is 0 Å². The van der Waals surface area contributed by atoms with E-state index in [1.165, 1.54) is 0 Å². The van der Waals surface area contributed by atoms with Crippen LogP contribution in [0, 0.1) is 22.5 Å². The first-order chi connectivity index (χ1) is 6.66. The molecule has 4 heteroatoms. The maximum absolute atomic E-state index is 11.1. The summed E-state index contributed by atoms with van der Waals surface area (Å²) in [5.74, 6) is 2.77. The van der Waals surface area contributed by atoms with Crippen molar-refractivity contribution in [3.8, 4) is 0 Å². The predicted octanol–water partition coefficient (Wildman–Crippen LogP) is 1.95. The average molecular weight is 302 g/mol.